The molecule has 1 aliphatic heterocycles. The zero-order chi connectivity index (χ0) is 31.9. The minimum atomic E-state index is -4.57. The summed E-state index contributed by atoms with van der Waals surface area (Å²) in [6.45, 7) is 2.45. The van der Waals surface area contributed by atoms with Crippen molar-refractivity contribution in [2.75, 3.05) is 10.6 Å². The van der Waals surface area contributed by atoms with E-state index in [2.05, 4.69) is 15.2 Å². The first-order chi connectivity index (χ1) is 19.8. The van der Waals surface area contributed by atoms with Crippen LogP contribution in [0.2, 0.25) is 0 Å². The van der Waals surface area contributed by atoms with E-state index in [4.69, 9.17) is 37.1 Å². The minimum Gasteiger partial charge on any atom is -0.382 e. The molecule has 0 spiro atoms. The summed E-state index contributed by atoms with van der Waals surface area (Å²) in [5.41, 5.74) is 4.81. The molecule has 2 N–H and O–H groups in total. The van der Waals surface area contributed by atoms with Gasteiger partial charge in [-0.05, 0) is 54.9 Å². The molecule has 3 aromatic heterocycles. The van der Waals surface area contributed by atoms with Gasteiger partial charge in [-0.1, -0.05) is 0 Å². The van der Waals surface area contributed by atoms with Crippen LogP contribution >= 0.6 is 0 Å². The van der Waals surface area contributed by atoms with Gasteiger partial charge in [0.2, 0.25) is 5.91 Å². The summed E-state index contributed by atoms with van der Waals surface area (Å²) >= 11 is 0. The summed E-state index contributed by atoms with van der Waals surface area (Å²) in [6.07, 6.45) is -2.25. The molecule has 0 saturated carbocycles. The molecule has 0 bridgehead atoms. The summed E-state index contributed by atoms with van der Waals surface area (Å²) < 4.78 is 57.4. The first-order valence-corrected chi connectivity index (χ1v) is 12.6. The minimum absolute atomic E-state index is 0.0566. The van der Waals surface area contributed by atoms with E-state index >= 15 is 4.39 Å². The van der Waals surface area contributed by atoms with E-state index in [0.717, 1.165) is 28.9 Å². The Bertz CT molecular complexity index is 1790. The fourth-order valence-corrected chi connectivity index (χ4v) is 5.49. The first kappa shape index (κ1) is 30.2. The maximum absolute atomic E-state index is 15.5. The maximum atomic E-state index is 15.5. The molecular weight excluding hydrogens is 564 g/mol. The number of anilines is 2. The Balaban J connectivity index is 1.72. The smallest absolute Gasteiger partial charge is 0.382 e. The summed E-state index contributed by atoms with van der Waals surface area (Å²) in [5, 5.41) is 3.10. The molecule has 43 heavy (non-hydrogen) atoms. The Kier molecular flexibility index (Phi) is 6.78. The third-order valence-corrected chi connectivity index (χ3v) is 7.37. The molecule has 5 rings (SSSR count). The van der Waals surface area contributed by atoms with Gasteiger partial charge in [-0.2, -0.15) is 23.4 Å². The lowest BCUT2D eigenvalue weighted by molar-refractivity contribution is -0.150. The number of hydrogen-bond donors (Lipinski definition) is 1. The van der Waals surface area contributed by atoms with Crippen molar-refractivity contribution in [1.82, 2.24) is 29.3 Å². The molecule has 0 unspecified atom stereocenters. The van der Waals surface area contributed by atoms with E-state index in [9.17, 15) is 22.8 Å². The van der Waals surface area contributed by atoms with E-state index in [1.807, 2.05) is 0 Å². The number of hydrogen-bond acceptors (Lipinski definition) is 6. The van der Waals surface area contributed by atoms with Crippen LogP contribution in [0.15, 0.2) is 42.9 Å². The van der Waals surface area contributed by atoms with Gasteiger partial charge >= 0.3 is 6.18 Å². The second-order valence-corrected chi connectivity index (χ2v) is 10.7. The van der Waals surface area contributed by atoms with Crippen LogP contribution in [0.25, 0.3) is 28.0 Å². The molecule has 1 aromatic carbocycles. The van der Waals surface area contributed by atoms with Crippen LogP contribution in [0.1, 0.15) is 20.8 Å². The van der Waals surface area contributed by atoms with E-state index < -0.39 is 52.3 Å². The summed E-state index contributed by atoms with van der Waals surface area (Å²) in [5.74, 6) is -2.60. The van der Waals surface area contributed by atoms with Crippen molar-refractivity contribution in [2.45, 2.75) is 49.7 Å². The van der Waals surface area contributed by atoms with Gasteiger partial charge in [0.25, 0.3) is 5.91 Å². The number of nitrogens with two attached hydrogens (primary N) is 1. The molecule has 2 amide bonds. The first-order valence-electron chi connectivity index (χ1n) is 12.6. The monoisotopic (exact) mass is 584 g/mol. The molecule has 0 aliphatic carbocycles. The number of nitrogen functional groups attached to an aromatic ring is 1. The van der Waals surface area contributed by atoms with E-state index in [1.165, 1.54) is 48.8 Å². The van der Waals surface area contributed by atoms with Crippen LogP contribution in [-0.2, 0) is 16.1 Å². The van der Waals surface area contributed by atoms with Gasteiger partial charge in [-0.15, -0.1) is 0 Å². The van der Waals surface area contributed by atoms with Crippen LogP contribution in [-0.4, -0.2) is 94.9 Å². The molecule has 1 aliphatic rings. The molecule has 4 heterocycles. The van der Waals surface area contributed by atoms with Gasteiger partial charge < -0.3 is 15.5 Å². The number of benzene rings is 1. The van der Waals surface area contributed by atoms with E-state index in [0.29, 0.717) is 4.90 Å². The lowest BCUT2D eigenvalue weighted by Gasteiger charge is -2.65. The van der Waals surface area contributed by atoms with Crippen molar-refractivity contribution in [3.63, 3.8) is 0 Å². The number of rotatable bonds is 4. The van der Waals surface area contributed by atoms with E-state index in [1.54, 1.807) is 0 Å². The van der Waals surface area contributed by atoms with Crippen molar-refractivity contribution in [3.05, 3.63) is 48.7 Å². The molecule has 4 aromatic rings. The van der Waals surface area contributed by atoms with Crippen molar-refractivity contribution in [3.8, 4) is 22.5 Å². The highest BCUT2D eigenvalue weighted by Crippen LogP contribution is 2.43. The Morgan fingerprint density at radius 1 is 1.02 bits per heavy atom. The number of alkyl halides is 3. The Morgan fingerprint density at radius 2 is 1.70 bits per heavy atom. The number of nitrogens with zero attached hydrogens (tertiary/aromatic N) is 7. The van der Waals surface area contributed by atoms with Gasteiger partial charge in [-0.3, -0.25) is 14.3 Å². The SMILES string of the molecule is [B]C1([B])N(c2cc(-c3cc(-c4ccnn4CC(F)(F)F)c4c(N)ncnn34)ccc2F)C(=O)C(C)(C)N(C(C)=O)C1([B])[B]. The molecule has 1 fully saturated rings. The average molecular weight is 584 g/mol. The third kappa shape index (κ3) is 4.58. The zero-order valence-corrected chi connectivity index (χ0v) is 23.1. The number of carbonyl (C=O) groups excluding carboxylic acids is 2. The van der Waals surface area contributed by atoms with Gasteiger partial charge in [0, 0.05) is 24.2 Å². The zero-order valence-electron chi connectivity index (χ0n) is 23.1. The van der Waals surface area contributed by atoms with Gasteiger partial charge in [-0.25, -0.2) is 13.9 Å². The lowest BCUT2D eigenvalue weighted by atomic mass is 9.35. The van der Waals surface area contributed by atoms with Gasteiger partial charge in [0.05, 0.1) is 48.5 Å². The largest absolute Gasteiger partial charge is 0.408 e. The van der Waals surface area contributed by atoms with Crippen LogP contribution in [0, 0.1) is 5.82 Å². The summed E-state index contributed by atoms with van der Waals surface area (Å²) in [7, 11) is 25.1. The van der Waals surface area contributed by atoms with Crippen molar-refractivity contribution in [1.29, 1.82) is 0 Å². The number of amides is 2. The summed E-state index contributed by atoms with van der Waals surface area (Å²) in [4.78, 5) is 31.7. The maximum Gasteiger partial charge on any atom is 0.408 e. The molecule has 18 heteroatoms. The Labute approximate surface area is 248 Å². The van der Waals surface area contributed by atoms with Crippen molar-refractivity contribution >= 4 is 60.2 Å². The van der Waals surface area contributed by atoms with Crippen LogP contribution < -0.4 is 10.6 Å². The Hall–Kier alpha value is -4.23. The predicted molar refractivity (Wildman–Crippen MR) is 153 cm³/mol. The average Bonchev–Trinajstić information content (AvgIpc) is 3.47. The van der Waals surface area contributed by atoms with Gasteiger partial charge in [0.15, 0.2) is 5.82 Å². The molecule has 212 valence electrons. The van der Waals surface area contributed by atoms with Crippen LogP contribution in [0.3, 0.4) is 0 Å². The third-order valence-electron chi connectivity index (χ3n) is 7.37. The fraction of sp³-hybridized carbons (Fsp3) is 0.320. The molecule has 8 radical (unpaired) electrons. The molecule has 10 nitrogen and oxygen atoms in total. The highest BCUT2D eigenvalue weighted by molar-refractivity contribution is 6.58. The predicted octanol–water partition coefficient (Wildman–Crippen LogP) is 1.50. The lowest BCUT2D eigenvalue weighted by Crippen LogP contribution is -2.85. The highest BCUT2D eigenvalue weighted by atomic mass is 19.4. The van der Waals surface area contributed by atoms with Crippen LogP contribution in [0.4, 0.5) is 29.1 Å². The number of piperazine rings is 1. The number of carbonyl (C=O) groups is 2. The van der Waals surface area contributed by atoms with Crippen LogP contribution in [0.5, 0.6) is 0 Å². The fourth-order valence-electron chi connectivity index (χ4n) is 5.49. The number of fused-ring (bicyclic) bond motifs is 1. The summed E-state index contributed by atoms with van der Waals surface area (Å²) in [6, 6.07) is 6.40. The van der Waals surface area contributed by atoms with Crippen molar-refractivity contribution in [2.24, 2.45) is 0 Å². The van der Waals surface area contributed by atoms with Crippen molar-refractivity contribution < 1.29 is 27.2 Å². The molecule has 1 saturated heterocycles. The molecular formula is C25H20B4F4N8O2. The van der Waals surface area contributed by atoms with Gasteiger partial charge in [0.1, 0.15) is 29.7 Å². The van der Waals surface area contributed by atoms with E-state index in [-0.39, 0.29) is 33.8 Å². The second kappa shape index (κ2) is 9.64. The highest BCUT2D eigenvalue weighted by Gasteiger charge is 2.59. The number of halogens is 4. The quantitative estimate of drug-likeness (QED) is 0.288. The Morgan fingerprint density at radius 3 is 2.33 bits per heavy atom. The standard InChI is InChI=1S/C25H20B4F4N8O2/c1-12(42)41-22(2,3)21(43)39(24(26,27)25(41,28)29)18-8-13(4-5-15(18)30)17-9-14(19-20(34)35-11-37-40(17)19)16-6-7-36-38(16)10-23(31,32)33/h4-9,11H,10H2,1-3H3,(H2,34,35,37). The molecule has 0 atom stereocenters. The number of aromatic nitrogens is 5. The topological polar surface area (TPSA) is 115 Å². The second-order valence-electron chi connectivity index (χ2n) is 10.7. The normalized spacial score (nSPS) is 17.9.